The van der Waals surface area contributed by atoms with E-state index in [1.807, 2.05) is 11.3 Å². The van der Waals surface area contributed by atoms with Gasteiger partial charge in [-0.15, -0.1) is 11.3 Å². The first-order chi connectivity index (χ1) is 12.0. The van der Waals surface area contributed by atoms with Crippen LogP contribution in [0.25, 0.3) is 20.2 Å². The van der Waals surface area contributed by atoms with Crippen LogP contribution in [0.15, 0.2) is 36.4 Å². The zero-order valence-electron chi connectivity index (χ0n) is 16.8. The molecule has 0 saturated carbocycles. The van der Waals surface area contributed by atoms with Crippen molar-refractivity contribution in [3.63, 3.8) is 0 Å². The van der Waals surface area contributed by atoms with E-state index < -0.39 is 0 Å². The molecule has 26 heavy (non-hydrogen) atoms. The second kappa shape index (κ2) is 5.57. The Morgan fingerprint density at radius 3 is 2.12 bits per heavy atom. The van der Waals surface area contributed by atoms with Gasteiger partial charge in [-0.05, 0) is 50.2 Å². The van der Waals surface area contributed by atoms with Crippen LogP contribution >= 0.6 is 11.3 Å². The van der Waals surface area contributed by atoms with Crippen LogP contribution < -0.4 is 5.46 Å². The molecule has 3 aromatic rings. The highest BCUT2D eigenvalue weighted by Crippen LogP contribution is 2.41. The zero-order chi connectivity index (χ0) is 18.9. The van der Waals surface area contributed by atoms with Crippen molar-refractivity contribution in [3.05, 3.63) is 42.0 Å². The van der Waals surface area contributed by atoms with Crippen LogP contribution in [0.3, 0.4) is 0 Å². The third kappa shape index (κ3) is 2.62. The summed E-state index contributed by atoms with van der Waals surface area (Å²) in [5.41, 5.74) is 1.99. The molecule has 0 aliphatic carbocycles. The van der Waals surface area contributed by atoms with Gasteiger partial charge in [-0.2, -0.15) is 0 Å². The van der Waals surface area contributed by atoms with Crippen LogP contribution in [0.1, 0.15) is 54.0 Å². The van der Waals surface area contributed by atoms with E-state index in [1.54, 1.807) is 0 Å². The third-order valence-electron chi connectivity index (χ3n) is 5.87. The van der Waals surface area contributed by atoms with Gasteiger partial charge in [-0.1, -0.05) is 51.1 Å². The van der Waals surface area contributed by atoms with Gasteiger partial charge in [0.1, 0.15) is 0 Å². The number of hydrogen-bond donors (Lipinski definition) is 0. The summed E-state index contributed by atoms with van der Waals surface area (Å²) in [7, 11) is -0.334. The lowest BCUT2D eigenvalue weighted by molar-refractivity contribution is 0.00578. The van der Waals surface area contributed by atoms with E-state index in [1.165, 1.54) is 25.7 Å². The summed E-state index contributed by atoms with van der Waals surface area (Å²) in [4.78, 5) is 0. The predicted molar refractivity (Wildman–Crippen MR) is 114 cm³/mol. The van der Waals surface area contributed by atoms with Gasteiger partial charge in [-0.3, -0.25) is 0 Å². The van der Waals surface area contributed by atoms with Crippen molar-refractivity contribution in [1.29, 1.82) is 0 Å². The van der Waals surface area contributed by atoms with Crippen molar-refractivity contribution in [2.45, 2.75) is 65.1 Å². The molecule has 0 unspecified atom stereocenters. The molecule has 1 aliphatic heterocycles. The molecule has 0 atom stereocenters. The highest BCUT2D eigenvalue weighted by atomic mass is 32.1. The Morgan fingerprint density at radius 2 is 1.50 bits per heavy atom. The second-order valence-electron chi connectivity index (χ2n) is 9.34. The van der Waals surface area contributed by atoms with Crippen LogP contribution in [0.4, 0.5) is 0 Å². The summed E-state index contributed by atoms with van der Waals surface area (Å²) in [5.74, 6) is 0. The van der Waals surface area contributed by atoms with Crippen LogP contribution in [0.2, 0.25) is 0 Å². The highest BCUT2D eigenvalue weighted by Gasteiger charge is 2.52. The SMILES string of the molecule is CC(C)(C)c1cccc2c1sc1cccc(B3OC(C)(C)C(C)(C)O3)c12. The summed E-state index contributed by atoms with van der Waals surface area (Å²) in [5, 5.41) is 2.58. The zero-order valence-corrected chi connectivity index (χ0v) is 17.6. The molecular formula is C22H27BO2S. The average molecular weight is 366 g/mol. The lowest BCUT2D eigenvalue weighted by Gasteiger charge is -2.32. The van der Waals surface area contributed by atoms with E-state index in [0.717, 1.165) is 5.46 Å². The van der Waals surface area contributed by atoms with Gasteiger partial charge < -0.3 is 9.31 Å². The molecule has 2 aromatic carbocycles. The van der Waals surface area contributed by atoms with Gasteiger partial charge in [0.25, 0.3) is 0 Å². The van der Waals surface area contributed by atoms with Gasteiger partial charge in [0, 0.05) is 20.2 Å². The van der Waals surface area contributed by atoms with E-state index in [2.05, 4.69) is 84.9 Å². The molecule has 1 aromatic heterocycles. The first kappa shape index (κ1) is 18.0. The summed E-state index contributed by atoms with van der Waals surface area (Å²) >= 11 is 1.88. The van der Waals surface area contributed by atoms with Crippen LogP contribution in [0.5, 0.6) is 0 Å². The van der Waals surface area contributed by atoms with Crippen molar-refractivity contribution in [3.8, 4) is 0 Å². The smallest absolute Gasteiger partial charge is 0.399 e. The Hall–Kier alpha value is -1.36. The predicted octanol–water partition coefficient (Wildman–Crippen LogP) is 5.65. The Morgan fingerprint density at radius 1 is 0.885 bits per heavy atom. The number of thiophene rings is 1. The molecule has 2 heterocycles. The molecule has 1 aliphatic rings. The van der Waals surface area contributed by atoms with Crippen LogP contribution in [-0.4, -0.2) is 18.3 Å². The van der Waals surface area contributed by atoms with E-state index in [0.29, 0.717) is 0 Å². The normalized spacial score (nSPS) is 19.6. The average Bonchev–Trinajstić information content (AvgIpc) is 3.00. The number of rotatable bonds is 1. The van der Waals surface area contributed by atoms with Crippen LogP contribution in [0, 0.1) is 0 Å². The topological polar surface area (TPSA) is 18.5 Å². The first-order valence-electron chi connectivity index (χ1n) is 9.31. The Bertz CT molecular complexity index is 978. The monoisotopic (exact) mass is 366 g/mol. The van der Waals surface area contributed by atoms with E-state index >= 15 is 0 Å². The molecule has 4 heteroatoms. The fraction of sp³-hybridized carbons (Fsp3) is 0.455. The van der Waals surface area contributed by atoms with Gasteiger partial charge >= 0.3 is 7.12 Å². The van der Waals surface area contributed by atoms with Crippen LogP contribution in [-0.2, 0) is 14.7 Å². The Balaban J connectivity index is 1.96. The van der Waals surface area contributed by atoms with Crippen molar-refractivity contribution in [2.75, 3.05) is 0 Å². The molecule has 1 fully saturated rings. The fourth-order valence-electron chi connectivity index (χ4n) is 3.63. The number of hydrogen-bond acceptors (Lipinski definition) is 3. The summed E-state index contributed by atoms with van der Waals surface area (Å²) in [6.45, 7) is 15.3. The van der Waals surface area contributed by atoms with Gasteiger partial charge in [0.05, 0.1) is 11.2 Å². The minimum atomic E-state index is -0.334. The Kier molecular flexibility index (Phi) is 3.86. The first-order valence-corrected chi connectivity index (χ1v) is 10.1. The van der Waals surface area contributed by atoms with E-state index in [4.69, 9.17) is 9.31 Å². The van der Waals surface area contributed by atoms with Crippen molar-refractivity contribution >= 4 is 44.1 Å². The third-order valence-corrected chi connectivity index (χ3v) is 7.07. The molecular weight excluding hydrogens is 339 g/mol. The molecule has 0 radical (unpaired) electrons. The summed E-state index contributed by atoms with van der Waals surface area (Å²) < 4.78 is 15.4. The lowest BCUT2D eigenvalue weighted by atomic mass is 9.76. The molecule has 0 bridgehead atoms. The fourth-order valence-corrected chi connectivity index (χ4v) is 5.09. The van der Waals surface area contributed by atoms with Crippen molar-refractivity contribution in [2.24, 2.45) is 0 Å². The maximum Gasteiger partial charge on any atom is 0.495 e. The van der Waals surface area contributed by atoms with Gasteiger partial charge in [0.15, 0.2) is 0 Å². The summed E-state index contributed by atoms with van der Waals surface area (Å²) in [6.07, 6.45) is 0. The molecule has 0 spiro atoms. The Labute approximate surface area is 160 Å². The molecule has 0 N–H and O–H groups in total. The maximum atomic E-state index is 6.36. The second-order valence-corrected chi connectivity index (χ2v) is 10.4. The van der Waals surface area contributed by atoms with Crippen molar-refractivity contribution < 1.29 is 9.31 Å². The summed E-state index contributed by atoms with van der Waals surface area (Å²) in [6, 6.07) is 13.1. The van der Waals surface area contributed by atoms with Crippen molar-refractivity contribution in [1.82, 2.24) is 0 Å². The van der Waals surface area contributed by atoms with E-state index in [-0.39, 0.29) is 23.7 Å². The standard InChI is InChI=1S/C22H27BO2S/c1-20(2,3)15-11-8-10-14-18-16(12-9-13-17(18)26-19(14)15)23-24-21(4,5)22(6,7)25-23/h8-13H,1-7H3. The highest BCUT2D eigenvalue weighted by molar-refractivity contribution is 7.26. The van der Waals surface area contributed by atoms with Gasteiger partial charge in [0.2, 0.25) is 0 Å². The molecule has 4 rings (SSSR count). The number of fused-ring (bicyclic) bond motifs is 3. The molecule has 1 saturated heterocycles. The quantitative estimate of drug-likeness (QED) is 0.518. The molecule has 2 nitrogen and oxygen atoms in total. The number of benzene rings is 2. The minimum absolute atomic E-state index is 0.116. The van der Waals surface area contributed by atoms with E-state index in [9.17, 15) is 0 Å². The molecule has 136 valence electrons. The van der Waals surface area contributed by atoms with Gasteiger partial charge in [-0.25, -0.2) is 0 Å². The minimum Gasteiger partial charge on any atom is -0.399 e. The largest absolute Gasteiger partial charge is 0.495 e. The maximum absolute atomic E-state index is 6.36. The lowest BCUT2D eigenvalue weighted by Crippen LogP contribution is -2.41. The molecule has 0 amide bonds.